The zero-order valence-corrected chi connectivity index (χ0v) is 14.4. The maximum absolute atomic E-state index is 12.4. The fraction of sp³-hybridized carbons (Fsp3) is 0.263. The number of hydrogen-bond donors (Lipinski definition) is 1. The molecule has 0 fully saturated rings. The molecule has 0 aliphatic heterocycles. The Hall–Kier alpha value is -3.02. The highest BCUT2D eigenvalue weighted by molar-refractivity contribution is 5.94. The summed E-state index contributed by atoms with van der Waals surface area (Å²) >= 11 is 0. The molecule has 0 spiro atoms. The molecule has 25 heavy (non-hydrogen) atoms. The van der Waals surface area contributed by atoms with Crippen molar-refractivity contribution in [3.05, 3.63) is 59.7 Å². The number of hydrogen-bond acceptors (Lipinski definition) is 4. The second kappa shape index (κ2) is 8.73. The number of carbonyl (C=O) groups excluding carboxylic acids is 2. The third-order valence-electron chi connectivity index (χ3n) is 3.61. The molecule has 0 atom stereocenters. The van der Waals surface area contributed by atoms with Gasteiger partial charge in [-0.15, -0.1) is 0 Å². The second-order valence-electron chi connectivity index (χ2n) is 5.62. The lowest BCUT2D eigenvalue weighted by Gasteiger charge is -2.18. The fourth-order valence-electron chi connectivity index (χ4n) is 2.18. The van der Waals surface area contributed by atoms with Gasteiger partial charge in [0.05, 0.1) is 6.54 Å². The minimum absolute atomic E-state index is 0.116. The van der Waals surface area contributed by atoms with E-state index in [2.05, 4.69) is 0 Å². The molecule has 0 bridgehead atoms. The van der Waals surface area contributed by atoms with Gasteiger partial charge in [-0.2, -0.15) is 0 Å². The summed E-state index contributed by atoms with van der Waals surface area (Å²) < 4.78 is 10.9. The zero-order valence-electron chi connectivity index (χ0n) is 14.4. The molecule has 0 radical (unpaired) electrons. The van der Waals surface area contributed by atoms with E-state index in [0.717, 1.165) is 11.3 Å². The van der Waals surface area contributed by atoms with Crippen molar-refractivity contribution in [1.29, 1.82) is 0 Å². The quantitative estimate of drug-likeness (QED) is 0.795. The molecule has 0 unspecified atom stereocenters. The molecule has 6 heteroatoms. The number of benzene rings is 2. The van der Waals surface area contributed by atoms with Crippen LogP contribution in [-0.2, 0) is 4.79 Å². The van der Waals surface area contributed by atoms with Gasteiger partial charge in [0, 0.05) is 12.6 Å². The Labute approximate surface area is 147 Å². The fourth-order valence-corrected chi connectivity index (χ4v) is 2.18. The monoisotopic (exact) mass is 342 g/mol. The van der Waals surface area contributed by atoms with Crippen molar-refractivity contribution in [2.75, 3.05) is 26.8 Å². The molecule has 2 aromatic rings. The molecule has 2 rings (SSSR count). The molecular formula is C19H22N2O4. The van der Waals surface area contributed by atoms with E-state index >= 15 is 0 Å². The number of rotatable bonds is 8. The first-order valence-corrected chi connectivity index (χ1v) is 7.92. The van der Waals surface area contributed by atoms with E-state index in [9.17, 15) is 9.59 Å². The molecular weight excluding hydrogens is 320 g/mol. The predicted molar refractivity (Wildman–Crippen MR) is 94.8 cm³/mol. The Balaban J connectivity index is 1.84. The SMILES string of the molecule is Cc1ccccc1OCCN(C)C(=O)c1ccc(OCC(N)=O)cc1. The average molecular weight is 342 g/mol. The summed E-state index contributed by atoms with van der Waals surface area (Å²) in [6.45, 7) is 2.66. The zero-order chi connectivity index (χ0) is 18.2. The Kier molecular flexibility index (Phi) is 6.39. The van der Waals surface area contributed by atoms with Crippen molar-refractivity contribution in [2.24, 2.45) is 5.73 Å². The number of para-hydroxylation sites is 1. The standard InChI is InChI=1S/C19H22N2O4/c1-14-5-3-4-6-17(14)24-12-11-21(2)19(23)15-7-9-16(10-8-15)25-13-18(20)22/h3-10H,11-13H2,1-2H3,(H2,20,22). The molecule has 0 heterocycles. The highest BCUT2D eigenvalue weighted by atomic mass is 16.5. The van der Waals surface area contributed by atoms with Gasteiger partial charge in [0.15, 0.2) is 6.61 Å². The summed E-state index contributed by atoms with van der Waals surface area (Å²) in [5.74, 6) is 0.642. The van der Waals surface area contributed by atoms with Crippen LogP contribution in [0.5, 0.6) is 11.5 Å². The summed E-state index contributed by atoms with van der Waals surface area (Å²) in [5.41, 5.74) is 6.61. The van der Waals surface area contributed by atoms with Crippen LogP contribution in [0.3, 0.4) is 0 Å². The van der Waals surface area contributed by atoms with Crippen LogP contribution in [0.4, 0.5) is 0 Å². The molecule has 0 aromatic heterocycles. The largest absolute Gasteiger partial charge is 0.491 e. The number of nitrogens with two attached hydrogens (primary N) is 1. The molecule has 0 aliphatic carbocycles. The Morgan fingerprint density at radius 2 is 1.72 bits per heavy atom. The maximum Gasteiger partial charge on any atom is 0.255 e. The number of primary amides is 1. The third-order valence-corrected chi connectivity index (χ3v) is 3.61. The van der Waals surface area contributed by atoms with Gasteiger partial charge in [-0.1, -0.05) is 18.2 Å². The lowest BCUT2D eigenvalue weighted by atomic mass is 10.2. The highest BCUT2D eigenvalue weighted by Gasteiger charge is 2.12. The Bertz CT molecular complexity index is 728. The molecule has 2 amide bonds. The topological polar surface area (TPSA) is 81.9 Å². The molecule has 132 valence electrons. The van der Waals surface area contributed by atoms with Crippen LogP contribution in [-0.4, -0.2) is 43.5 Å². The first kappa shape index (κ1) is 18.3. The van der Waals surface area contributed by atoms with E-state index in [4.69, 9.17) is 15.2 Å². The van der Waals surface area contributed by atoms with E-state index in [-0.39, 0.29) is 12.5 Å². The maximum atomic E-state index is 12.4. The third kappa shape index (κ3) is 5.53. The first-order chi connectivity index (χ1) is 12.0. The minimum atomic E-state index is -0.548. The van der Waals surface area contributed by atoms with Gasteiger partial charge >= 0.3 is 0 Å². The number of ether oxygens (including phenoxy) is 2. The summed E-state index contributed by atoms with van der Waals surface area (Å²) in [7, 11) is 1.72. The van der Waals surface area contributed by atoms with Crippen molar-refractivity contribution in [2.45, 2.75) is 6.92 Å². The van der Waals surface area contributed by atoms with Gasteiger partial charge < -0.3 is 20.1 Å². The van der Waals surface area contributed by atoms with E-state index in [1.807, 2.05) is 31.2 Å². The number of amides is 2. The van der Waals surface area contributed by atoms with Crippen LogP contribution in [0.25, 0.3) is 0 Å². The molecule has 0 aliphatic rings. The summed E-state index contributed by atoms with van der Waals surface area (Å²) in [5, 5.41) is 0. The summed E-state index contributed by atoms with van der Waals surface area (Å²) in [4.78, 5) is 24.7. The lowest BCUT2D eigenvalue weighted by molar-refractivity contribution is -0.119. The van der Waals surface area contributed by atoms with Gasteiger partial charge in [-0.3, -0.25) is 9.59 Å². The smallest absolute Gasteiger partial charge is 0.255 e. The lowest BCUT2D eigenvalue weighted by Crippen LogP contribution is -2.30. The van der Waals surface area contributed by atoms with Crippen molar-refractivity contribution < 1.29 is 19.1 Å². The van der Waals surface area contributed by atoms with Crippen molar-refractivity contribution in [3.63, 3.8) is 0 Å². The Morgan fingerprint density at radius 1 is 1.04 bits per heavy atom. The molecule has 0 saturated carbocycles. The minimum Gasteiger partial charge on any atom is -0.491 e. The van der Waals surface area contributed by atoms with Gasteiger partial charge in [0.25, 0.3) is 11.8 Å². The van der Waals surface area contributed by atoms with Gasteiger partial charge in [0.2, 0.25) is 0 Å². The van der Waals surface area contributed by atoms with Crippen molar-refractivity contribution in [3.8, 4) is 11.5 Å². The van der Waals surface area contributed by atoms with Crippen LogP contribution >= 0.6 is 0 Å². The summed E-state index contributed by atoms with van der Waals surface area (Å²) in [6.07, 6.45) is 0. The van der Waals surface area contributed by atoms with Gasteiger partial charge in [-0.05, 0) is 42.8 Å². The van der Waals surface area contributed by atoms with E-state index in [1.165, 1.54) is 0 Å². The average Bonchev–Trinajstić information content (AvgIpc) is 2.61. The van der Waals surface area contributed by atoms with Crippen LogP contribution in [0, 0.1) is 6.92 Å². The van der Waals surface area contributed by atoms with E-state index in [1.54, 1.807) is 36.2 Å². The van der Waals surface area contributed by atoms with Crippen LogP contribution < -0.4 is 15.2 Å². The van der Waals surface area contributed by atoms with Crippen LogP contribution in [0.15, 0.2) is 48.5 Å². The molecule has 2 aromatic carbocycles. The van der Waals surface area contributed by atoms with Crippen LogP contribution in [0.2, 0.25) is 0 Å². The molecule has 2 N–H and O–H groups in total. The second-order valence-corrected chi connectivity index (χ2v) is 5.62. The first-order valence-electron chi connectivity index (χ1n) is 7.92. The molecule has 6 nitrogen and oxygen atoms in total. The predicted octanol–water partition coefficient (Wildman–Crippen LogP) is 2.01. The van der Waals surface area contributed by atoms with E-state index in [0.29, 0.717) is 24.5 Å². The highest BCUT2D eigenvalue weighted by Crippen LogP contribution is 2.16. The van der Waals surface area contributed by atoms with Crippen LogP contribution in [0.1, 0.15) is 15.9 Å². The Morgan fingerprint density at radius 3 is 2.36 bits per heavy atom. The normalized spacial score (nSPS) is 10.2. The number of aryl methyl sites for hydroxylation is 1. The summed E-state index contributed by atoms with van der Waals surface area (Å²) in [6, 6.07) is 14.3. The number of likely N-dealkylation sites (N-methyl/N-ethyl adjacent to an activating group) is 1. The van der Waals surface area contributed by atoms with Gasteiger partial charge in [-0.25, -0.2) is 0 Å². The van der Waals surface area contributed by atoms with Crippen molar-refractivity contribution >= 4 is 11.8 Å². The van der Waals surface area contributed by atoms with Crippen molar-refractivity contribution in [1.82, 2.24) is 4.90 Å². The number of carbonyl (C=O) groups is 2. The molecule has 0 saturated heterocycles. The van der Waals surface area contributed by atoms with E-state index < -0.39 is 5.91 Å². The number of nitrogens with zero attached hydrogens (tertiary/aromatic N) is 1. The van der Waals surface area contributed by atoms with Gasteiger partial charge in [0.1, 0.15) is 18.1 Å².